The number of rotatable bonds is 6. The van der Waals surface area contributed by atoms with Crippen LogP contribution in [0, 0.1) is 0 Å². The molecule has 2 fully saturated rings. The number of methoxy groups -OCH3 is 1. The zero-order valence-corrected chi connectivity index (χ0v) is 14.5. The van der Waals surface area contributed by atoms with Crippen LogP contribution in [0.5, 0.6) is 5.75 Å². The molecule has 2 aliphatic rings. The van der Waals surface area contributed by atoms with Gasteiger partial charge < -0.3 is 15.2 Å². The Bertz CT molecular complexity index is 565. The number of carbonyl (C=O) groups excluding carboxylic acids is 1. The van der Waals surface area contributed by atoms with Crippen molar-refractivity contribution in [3.63, 3.8) is 0 Å². The zero-order valence-electron chi connectivity index (χ0n) is 14.5. The number of ether oxygens (including phenoxy) is 1. The first kappa shape index (κ1) is 17.2. The van der Waals surface area contributed by atoms with Crippen LogP contribution in [0.1, 0.15) is 50.1 Å². The van der Waals surface area contributed by atoms with E-state index in [4.69, 9.17) is 4.74 Å². The lowest BCUT2D eigenvalue weighted by Crippen LogP contribution is -2.53. The summed E-state index contributed by atoms with van der Waals surface area (Å²) in [4.78, 5) is 14.7. The zero-order chi connectivity index (χ0) is 17.0. The number of piperidine rings is 1. The van der Waals surface area contributed by atoms with Gasteiger partial charge >= 0.3 is 0 Å². The highest BCUT2D eigenvalue weighted by atomic mass is 16.5. The SMILES string of the molecule is COc1ccccc1[C@H](CNC(=O)C1(O)CCC1)N1CCCCC1. The minimum Gasteiger partial charge on any atom is -0.496 e. The number of likely N-dealkylation sites (tertiary alicyclic amines) is 1. The Balaban J connectivity index is 1.75. The second kappa shape index (κ2) is 7.53. The van der Waals surface area contributed by atoms with Gasteiger partial charge in [0.05, 0.1) is 13.2 Å². The van der Waals surface area contributed by atoms with Crippen LogP contribution in [0.25, 0.3) is 0 Å². The van der Waals surface area contributed by atoms with Gasteiger partial charge in [-0.3, -0.25) is 9.69 Å². The van der Waals surface area contributed by atoms with Crippen molar-refractivity contribution in [1.82, 2.24) is 10.2 Å². The second-order valence-electron chi connectivity index (χ2n) is 6.95. The molecule has 1 atom stereocenters. The molecular formula is C19H28N2O3. The number of para-hydroxylation sites is 1. The molecule has 1 heterocycles. The molecule has 3 rings (SSSR count). The van der Waals surface area contributed by atoms with E-state index in [0.717, 1.165) is 30.8 Å². The molecule has 0 radical (unpaired) electrons. The van der Waals surface area contributed by atoms with Crippen molar-refractivity contribution in [2.45, 2.75) is 50.2 Å². The molecule has 0 bridgehead atoms. The van der Waals surface area contributed by atoms with Crippen molar-refractivity contribution < 1.29 is 14.6 Å². The van der Waals surface area contributed by atoms with Crippen LogP contribution in [0.15, 0.2) is 24.3 Å². The summed E-state index contributed by atoms with van der Waals surface area (Å²) >= 11 is 0. The third-order valence-electron chi connectivity index (χ3n) is 5.39. The van der Waals surface area contributed by atoms with Crippen LogP contribution in [0.3, 0.4) is 0 Å². The van der Waals surface area contributed by atoms with E-state index in [1.54, 1.807) is 7.11 Å². The van der Waals surface area contributed by atoms with Crippen LogP contribution in [-0.4, -0.2) is 48.3 Å². The highest BCUT2D eigenvalue weighted by molar-refractivity contribution is 5.85. The van der Waals surface area contributed by atoms with Gasteiger partial charge in [-0.05, 0) is 51.3 Å². The predicted octanol–water partition coefficient (Wildman–Crippen LogP) is 2.25. The van der Waals surface area contributed by atoms with E-state index in [2.05, 4.69) is 16.3 Å². The number of hydrogen-bond acceptors (Lipinski definition) is 4. The van der Waals surface area contributed by atoms with Crippen molar-refractivity contribution in [2.75, 3.05) is 26.7 Å². The number of benzene rings is 1. The Labute approximate surface area is 144 Å². The average Bonchev–Trinajstić information content (AvgIpc) is 2.61. The molecule has 0 spiro atoms. The summed E-state index contributed by atoms with van der Waals surface area (Å²) in [5.74, 6) is 0.621. The number of nitrogens with zero attached hydrogens (tertiary/aromatic N) is 1. The summed E-state index contributed by atoms with van der Waals surface area (Å²) in [7, 11) is 1.68. The monoisotopic (exact) mass is 332 g/mol. The molecule has 1 aliphatic heterocycles. The molecule has 5 nitrogen and oxygen atoms in total. The maximum atomic E-state index is 12.3. The van der Waals surface area contributed by atoms with Crippen molar-refractivity contribution in [1.29, 1.82) is 0 Å². The summed E-state index contributed by atoms with van der Waals surface area (Å²) in [6.45, 7) is 2.56. The maximum absolute atomic E-state index is 12.3. The minimum atomic E-state index is -1.15. The van der Waals surface area contributed by atoms with Crippen LogP contribution in [0.4, 0.5) is 0 Å². The first-order valence-electron chi connectivity index (χ1n) is 9.02. The molecule has 1 saturated carbocycles. The average molecular weight is 332 g/mol. The Hall–Kier alpha value is -1.59. The Morgan fingerprint density at radius 1 is 1.25 bits per heavy atom. The fourth-order valence-electron chi connectivity index (χ4n) is 3.70. The highest BCUT2D eigenvalue weighted by Gasteiger charge is 2.42. The van der Waals surface area contributed by atoms with E-state index in [9.17, 15) is 9.90 Å². The number of amides is 1. The highest BCUT2D eigenvalue weighted by Crippen LogP contribution is 2.33. The lowest BCUT2D eigenvalue weighted by Gasteiger charge is -2.38. The predicted molar refractivity (Wildman–Crippen MR) is 93.0 cm³/mol. The summed E-state index contributed by atoms with van der Waals surface area (Å²) in [5, 5.41) is 13.2. The minimum absolute atomic E-state index is 0.0778. The van der Waals surface area contributed by atoms with Gasteiger partial charge in [-0.1, -0.05) is 24.6 Å². The van der Waals surface area contributed by atoms with E-state index < -0.39 is 5.60 Å². The molecule has 0 unspecified atom stereocenters. The summed E-state index contributed by atoms with van der Waals surface area (Å²) in [5.41, 5.74) is -0.0458. The van der Waals surface area contributed by atoms with Crippen LogP contribution in [-0.2, 0) is 4.79 Å². The van der Waals surface area contributed by atoms with E-state index in [0.29, 0.717) is 19.4 Å². The number of aliphatic hydroxyl groups is 1. The van der Waals surface area contributed by atoms with Crippen LogP contribution in [0.2, 0.25) is 0 Å². The van der Waals surface area contributed by atoms with Gasteiger partial charge in [0, 0.05) is 12.1 Å². The van der Waals surface area contributed by atoms with Gasteiger partial charge in [0.15, 0.2) is 0 Å². The molecular weight excluding hydrogens is 304 g/mol. The smallest absolute Gasteiger partial charge is 0.252 e. The molecule has 24 heavy (non-hydrogen) atoms. The van der Waals surface area contributed by atoms with E-state index in [1.165, 1.54) is 19.3 Å². The van der Waals surface area contributed by atoms with Crippen LogP contribution < -0.4 is 10.1 Å². The van der Waals surface area contributed by atoms with Crippen LogP contribution >= 0.6 is 0 Å². The normalized spacial score (nSPS) is 21.6. The summed E-state index contributed by atoms with van der Waals surface area (Å²) in [6.07, 6.45) is 5.70. The van der Waals surface area contributed by atoms with Crippen molar-refractivity contribution in [3.05, 3.63) is 29.8 Å². The van der Waals surface area contributed by atoms with Crippen molar-refractivity contribution in [2.24, 2.45) is 0 Å². The number of carbonyl (C=O) groups is 1. The first-order valence-corrected chi connectivity index (χ1v) is 9.02. The van der Waals surface area contributed by atoms with Gasteiger partial charge in [-0.2, -0.15) is 0 Å². The summed E-state index contributed by atoms with van der Waals surface area (Å²) in [6, 6.07) is 8.09. The summed E-state index contributed by atoms with van der Waals surface area (Å²) < 4.78 is 5.53. The van der Waals surface area contributed by atoms with Gasteiger partial charge in [-0.15, -0.1) is 0 Å². The number of hydrogen-bond donors (Lipinski definition) is 2. The Kier molecular flexibility index (Phi) is 5.41. The molecule has 2 N–H and O–H groups in total. The van der Waals surface area contributed by atoms with Gasteiger partial charge in [0.1, 0.15) is 11.4 Å². The van der Waals surface area contributed by atoms with E-state index in [-0.39, 0.29) is 11.9 Å². The quantitative estimate of drug-likeness (QED) is 0.839. The maximum Gasteiger partial charge on any atom is 0.252 e. The Morgan fingerprint density at radius 2 is 1.96 bits per heavy atom. The fourth-order valence-corrected chi connectivity index (χ4v) is 3.70. The molecule has 1 amide bonds. The molecule has 0 aromatic heterocycles. The molecule has 132 valence electrons. The lowest BCUT2D eigenvalue weighted by molar-refractivity contribution is -0.148. The molecule has 1 saturated heterocycles. The molecule has 5 heteroatoms. The fraction of sp³-hybridized carbons (Fsp3) is 0.632. The van der Waals surface area contributed by atoms with Crippen molar-refractivity contribution >= 4 is 5.91 Å². The lowest BCUT2D eigenvalue weighted by atomic mass is 9.79. The first-order chi connectivity index (χ1) is 11.6. The van der Waals surface area contributed by atoms with E-state index >= 15 is 0 Å². The van der Waals surface area contributed by atoms with Gasteiger partial charge in [0.25, 0.3) is 5.91 Å². The topological polar surface area (TPSA) is 61.8 Å². The van der Waals surface area contributed by atoms with E-state index in [1.807, 2.05) is 18.2 Å². The van der Waals surface area contributed by atoms with Gasteiger partial charge in [-0.25, -0.2) is 0 Å². The second-order valence-corrected chi connectivity index (χ2v) is 6.95. The third-order valence-corrected chi connectivity index (χ3v) is 5.39. The molecule has 1 aliphatic carbocycles. The van der Waals surface area contributed by atoms with Gasteiger partial charge in [0.2, 0.25) is 0 Å². The molecule has 1 aromatic rings. The standard InChI is InChI=1S/C19H28N2O3/c1-24-17-9-4-3-8-15(17)16(21-12-5-2-6-13-21)14-20-18(22)19(23)10-7-11-19/h3-4,8-9,16,23H,2,5-7,10-14H2,1H3,(H,20,22)/t16-/m0/s1. The Morgan fingerprint density at radius 3 is 2.58 bits per heavy atom. The van der Waals surface area contributed by atoms with Crippen molar-refractivity contribution in [3.8, 4) is 5.75 Å². The number of nitrogens with one attached hydrogen (secondary N) is 1. The molecule has 1 aromatic carbocycles. The third kappa shape index (κ3) is 3.57. The largest absolute Gasteiger partial charge is 0.496 e.